The first-order valence-electron chi connectivity index (χ1n) is 10.0. The Labute approximate surface area is 171 Å². The molecule has 1 atom stereocenters. The van der Waals surface area contributed by atoms with E-state index in [1.807, 2.05) is 37.3 Å². The lowest BCUT2D eigenvalue weighted by Gasteiger charge is -2.31. The topological polar surface area (TPSA) is 69.6 Å². The van der Waals surface area contributed by atoms with Crippen molar-refractivity contribution >= 4 is 11.8 Å². The average molecular weight is 400 g/mol. The molecule has 0 radical (unpaired) electrons. The van der Waals surface area contributed by atoms with Gasteiger partial charge in [-0.05, 0) is 36.1 Å². The molecule has 0 aliphatic carbocycles. The summed E-state index contributed by atoms with van der Waals surface area (Å²) >= 11 is 0. The van der Waals surface area contributed by atoms with Gasteiger partial charge in [0.05, 0.1) is 0 Å². The van der Waals surface area contributed by atoms with Gasteiger partial charge in [-0.1, -0.05) is 49.4 Å². The Kier molecular flexibility index (Phi) is 9.31. The molecule has 2 amide bonds. The van der Waals surface area contributed by atoms with Crippen LogP contribution in [-0.4, -0.2) is 41.0 Å². The van der Waals surface area contributed by atoms with Crippen LogP contribution in [0.15, 0.2) is 54.6 Å². The predicted molar refractivity (Wildman–Crippen MR) is 111 cm³/mol. The first-order valence-corrected chi connectivity index (χ1v) is 10.0. The van der Waals surface area contributed by atoms with E-state index in [4.69, 9.17) is 5.11 Å². The van der Waals surface area contributed by atoms with Crippen molar-refractivity contribution in [2.45, 2.75) is 45.2 Å². The minimum absolute atomic E-state index is 0.0162. The van der Waals surface area contributed by atoms with Crippen LogP contribution < -0.4 is 5.32 Å². The van der Waals surface area contributed by atoms with Gasteiger partial charge in [-0.2, -0.15) is 0 Å². The van der Waals surface area contributed by atoms with Gasteiger partial charge in [0.2, 0.25) is 11.8 Å². The smallest absolute Gasteiger partial charge is 0.243 e. The first kappa shape index (κ1) is 22.6. The van der Waals surface area contributed by atoms with Crippen molar-refractivity contribution in [3.8, 4) is 0 Å². The quantitative estimate of drug-likeness (QED) is 0.570. The summed E-state index contributed by atoms with van der Waals surface area (Å²) in [5, 5.41) is 11.8. The molecule has 2 aromatic rings. The molecule has 0 spiro atoms. The van der Waals surface area contributed by atoms with Crippen molar-refractivity contribution in [1.82, 2.24) is 10.2 Å². The number of carbonyl (C=O) groups excluding carboxylic acids is 2. The summed E-state index contributed by atoms with van der Waals surface area (Å²) < 4.78 is 13.3. The molecular weight excluding hydrogens is 371 g/mol. The third kappa shape index (κ3) is 7.31. The predicted octanol–water partition coefficient (Wildman–Crippen LogP) is 3.06. The van der Waals surface area contributed by atoms with Gasteiger partial charge in [0, 0.05) is 32.5 Å². The largest absolute Gasteiger partial charge is 0.396 e. The molecule has 0 heterocycles. The molecule has 2 aromatic carbocycles. The van der Waals surface area contributed by atoms with Crippen molar-refractivity contribution in [3.63, 3.8) is 0 Å². The van der Waals surface area contributed by atoms with E-state index in [1.54, 1.807) is 17.0 Å². The number of benzene rings is 2. The maximum atomic E-state index is 13.3. The minimum Gasteiger partial charge on any atom is -0.396 e. The van der Waals surface area contributed by atoms with E-state index in [2.05, 4.69) is 5.32 Å². The van der Waals surface area contributed by atoms with Crippen molar-refractivity contribution in [2.24, 2.45) is 0 Å². The highest BCUT2D eigenvalue weighted by Gasteiger charge is 2.29. The number of carbonyl (C=O) groups is 2. The Morgan fingerprint density at radius 1 is 1.07 bits per heavy atom. The first-order chi connectivity index (χ1) is 14.0. The molecule has 0 aromatic heterocycles. The lowest BCUT2D eigenvalue weighted by Crippen LogP contribution is -2.50. The standard InChI is InChI=1S/C23H29FN2O3/c1-2-7-22(28)26(17-19-10-12-20(24)13-11-19)21(23(29)25-14-6-15-27)16-18-8-4-3-5-9-18/h3-5,8-13,21,27H,2,6-7,14-17H2,1H3,(H,25,29). The summed E-state index contributed by atoms with van der Waals surface area (Å²) in [6.07, 6.45) is 1.83. The fourth-order valence-electron chi connectivity index (χ4n) is 3.11. The molecule has 0 saturated heterocycles. The van der Waals surface area contributed by atoms with Crippen LogP contribution in [0, 0.1) is 5.82 Å². The molecule has 0 fully saturated rings. The van der Waals surface area contributed by atoms with Gasteiger partial charge >= 0.3 is 0 Å². The minimum atomic E-state index is -0.694. The molecule has 2 N–H and O–H groups in total. The Hall–Kier alpha value is -2.73. The van der Waals surface area contributed by atoms with Gasteiger partial charge < -0.3 is 15.3 Å². The van der Waals surface area contributed by atoms with Crippen LogP contribution in [0.1, 0.15) is 37.3 Å². The monoisotopic (exact) mass is 400 g/mol. The summed E-state index contributed by atoms with van der Waals surface area (Å²) in [6.45, 7) is 2.47. The van der Waals surface area contributed by atoms with E-state index in [0.29, 0.717) is 32.2 Å². The second kappa shape index (κ2) is 12.0. The molecule has 2 rings (SSSR count). The third-order valence-corrected chi connectivity index (χ3v) is 4.64. The summed E-state index contributed by atoms with van der Waals surface area (Å²) in [5.74, 6) is -0.716. The molecule has 0 bridgehead atoms. The molecule has 1 unspecified atom stereocenters. The van der Waals surface area contributed by atoms with E-state index < -0.39 is 6.04 Å². The van der Waals surface area contributed by atoms with Gasteiger partial charge in [0.15, 0.2) is 0 Å². The Morgan fingerprint density at radius 2 is 1.76 bits per heavy atom. The molecule has 29 heavy (non-hydrogen) atoms. The van der Waals surface area contributed by atoms with Crippen LogP contribution in [0.3, 0.4) is 0 Å². The normalized spacial score (nSPS) is 11.7. The van der Waals surface area contributed by atoms with Crippen molar-refractivity contribution in [2.75, 3.05) is 13.2 Å². The van der Waals surface area contributed by atoms with E-state index in [-0.39, 0.29) is 30.8 Å². The van der Waals surface area contributed by atoms with Gasteiger partial charge in [0.25, 0.3) is 0 Å². The molecule has 0 aliphatic heterocycles. The van der Waals surface area contributed by atoms with E-state index >= 15 is 0 Å². The summed E-state index contributed by atoms with van der Waals surface area (Å²) in [4.78, 5) is 27.5. The number of aliphatic hydroxyl groups excluding tert-OH is 1. The highest BCUT2D eigenvalue weighted by molar-refractivity contribution is 5.88. The lowest BCUT2D eigenvalue weighted by atomic mass is 10.0. The average Bonchev–Trinajstić information content (AvgIpc) is 2.73. The third-order valence-electron chi connectivity index (χ3n) is 4.64. The summed E-state index contributed by atoms with van der Waals surface area (Å²) in [6, 6.07) is 14.8. The number of rotatable bonds is 11. The van der Waals surface area contributed by atoms with E-state index in [9.17, 15) is 14.0 Å². The molecule has 6 heteroatoms. The van der Waals surface area contributed by atoms with Crippen molar-refractivity contribution in [1.29, 1.82) is 0 Å². The molecule has 5 nitrogen and oxygen atoms in total. The zero-order chi connectivity index (χ0) is 21.1. The number of halogens is 1. The van der Waals surface area contributed by atoms with Crippen LogP contribution in [-0.2, 0) is 22.6 Å². The van der Waals surface area contributed by atoms with Gasteiger partial charge in [-0.3, -0.25) is 9.59 Å². The Bertz CT molecular complexity index is 765. The van der Waals surface area contributed by atoms with Gasteiger partial charge in [-0.25, -0.2) is 4.39 Å². The zero-order valence-corrected chi connectivity index (χ0v) is 16.8. The highest BCUT2D eigenvalue weighted by atomic mass is 19.1. The number of nitrogens with zero attached hydrogens (tertiary/aromatic N) is 1. The van der Waals surface area contributed by atoms with Crippen LogP contribution in [0.5, 0.6) is 0 Å². The van der Waals surface area contributed by atoms with Crippen molar-refractivity contribution < 1.29 is 19.1 Å². The number of amides is 2. The Balaban J connectivity index is 2.30. The SMILES string of the molecule is CCCC(=O)N(Cc1ccc(F)cc1)C(Cc1ccccc1)C(=O)NCCCO. The number of aliphatic hydroxyl groups is 1. The molecule has 0 aliphatic rings. The number of hydrogen-bond donors (Lipinski definition) is 2. The summed E-state index contributed by atoms with van der Waals surface area (Å²) in [7, 11) is 0. The van der Waals surface area contributed by atoms with Gasteiger partial charge in [-0.15, -0.1) is 0 Å². The van der Waals surface area contributed by atoms with Crippen LogP contribution in [0.2, 0.25) is 0 Å². The maximum Gasteiger partial charge on any atom is 0.243 e. The zero-order valence-electron chi connectivity index (χ0n) is 16.8. The van der Waals surface area contributed by atoms with Gasteiger partial charge in [0.1, 0.15) is 11.9 Å². The van der Waals surface area contributed by atoms with E-state index in [1.165, 1.54) is 12.1 Å². The fraction of sp³-hybridized carbons (Fsp3) is 0.391. The Morgan fingerprint density at radius 3 is 2.38 bits per heavy atom. The molecule has 156 valence electrons. The number of hydrogen-bond acceptors (Lipinski definition) is 3. The highest BCUT2D eigenvalue weighted by Crippen LogP contribution is 2.16. The molecule has 0 saturated carbocycles. The van der Waals surface area contributed by atoms with Crippen LogP contribution >= 0.6 is 0 Å². The maximum absolute atomic E-state index is 13.3. The van der Waals surface area contributed by atoms with E-state index in [0.717, 1.165) is 11.1 Å². The summed E-state index contributed by atoms with van der Waals surface area (Å²) in [5.41, 5.74) is 1.71. The lowest BCUT2D eigenvalue weighted by molar-refractivity contribution is -0.141. The fourth-order valence-corrected chi connectivity index (χ4v) is 3.11. The molecular formula is C23H29FN2O3. The van der Waals surface area contributed by atoms with Crippen molar-refractivity contribution in [3.05, 3.63) is 71.5 Å². The second-order valence-corrected chi connectivity index (χ2v) is 6.97. The van der Waals surface area contributed by atoms with Crippen LogP contribution in [0.4, 0.5) is 4.39 Å². The number of nitrogens with one attached hydrogen (secondary N) is 1. The second-order valence-electron chi connectivity index (χ2n) is 6.97. The van der Waals surface area contributed by atoms with Crippen LogP contribution in [0.25, 0.3) is 0 Å².